The molecule has 8 heteroatoms. The maximum absolute atomic E-state index is 13.5. The lowest BCUT2D eigenvalue weighted by Crippen LogP contribution is -2.29. The van der Waals surface area contributed by atoms with Gasteiger partial charge in [-0.15, -0.1) is 0 Å². The van der Waals surface area contributed by atoms with Crippen molar-refractivity contribution in [3.05, 3.63) is 94.3 Å². The first-order valence-electron chi connectivity index (χ1n) is 9.90. The third-order valence-corrected chi connectivity index (χ3v) is 5.72. The standard InChI is InChI=1S/C25H19ClFNO5/c1-32-17-5-3-4-14(12-17)22-21(23(29)19-13-18(33-2)10-11-20(19)26)24(30)25(31)28(22)16-8-6-15(27)7-9-16/h3-13,22,29H,1-2H3/b23-21+. The van der Waals surface area contributed by atoms with Gasteiger partial charge in [0.1, 0.15) is 23.1 Å². The highest BCUT2D eigenvalue weighted by molar-refractivity contribution is 6.52. The molecule has 1 amide bonds. The number of aliphatic hydroxyl groups is 1. The van der Waals surface area contributed by atoms with Crippen molar-refractivity contribution in [3.8, 4) is 11.5 Å². The SMILES string of the molecule is COc1cccc(C2/C(=C(\O)c3cc(OC)ccc3Cl)C(=O)C(=O)N2c2ccc(F)cc2)c1. The molecule has 0 spiro atoms. The van der Waals surface area contributed by atoms with Crippen molar-refractivity contribution in [1.29, 1.82) is 0 Å². The second-order valence-corrected chi connectivity index (χ2v) is 7.68. The highest BCUT2D eigenvalue weighted by Gasteiger charge is 2.47. The molecule has 1 aliphatic rings. The molecule has 0 aliphatic carbocycles. The molecule has 1 atom stereocenters. The molecule has 3 aromatic rings. The van der Waals surface area contributed by atoms with E-state index < -0.39 is 29.3 Å². The number of Topliss-reactive ketones (excluding diaryl/α,β-unsaturated/α-hetero) is 1. The van der Waals surface area contributed by atoms with Crippen LogP contribution in [0.4, 0.5) is 10.1 Å². The van der Waals surface area contributed by atoms with E-state index in [-0.39, 0.29) is 16.2 Å². The first kappa shape index (κ1) is 22.4. The van der Waals surface area contributed by atoms with Crippen LogP contribution in [0.3, 0.4) is 0 Å². The van der Waals surface area contributed by atoms with Crippen LogP contribution < -0.4 is 14.4 Å². The van der Waals surface area contributed by atoms with E-state index in [1.54, 1.807) is 30.3 Å². The highest BCUT2D eigenvalue weighted by Crippen LogP contribution is 2.43. The summed E-state index contributed by atoms with van der Waals surface area (Å²) in [6.45, 7) is 0. The van der Waals surface area contributed by atoms with Crippen LogP contribution in [0.1, 0.15) is 17.2 Å². The molecule has 0 saturated carbocycles. The molecule has 1 unspecified atom stereocenters. The number of carbonyl (C=O) groups is 2. The lowest BCUT2D eigenvalue weighted by Gasteiger charge is -2.25. The van der Waals surface area contributed by atoms with Gasteiger partial charge in [-0.1, -0.05) is 23.7 Å². The Kier molecular flexibility index (Phi) is 6.07. The van der Waals surface area contributed by atoms with Gasteiger partial charge in [-0.2, -0.15) is 0 Å². The summed E-state index contributed by atoms with van der Waals surface area (Å²) in [5.41, 5.74) is 0.786. The van der Waals surface area contributed by atoms with Gasteiger partial charge in [0.15, 0.2) is 0 Å². The van der Waals surface area contributed by atoms with Crippen molar-refractivity contribution in [2.75, 3.05) is 19.1 Å². The molecule has 0 bridgehead atoms. The van der Waals surface area contributed by atoms with Gasteiger partial charge in [0.25, 0.3) is 11.7 Å². The minimum atomic E-state index is -1.01. The number of nitrogens with zero attached hydrogens (tertiary/aromatic N) is 1. The van der Waals surface area contributed by atoms with E-state index in [1.807, 2.05) is 0 Å². The lowest BCUT2D eigenvalue weighted by atomic mass is 9.95. The van der Waals surface area contributed by atoms with E-state index in [0.717, 1.165) is 0 Å². The average Bonchev–Trinajstić information content (AvgIpc) is 3.10. The van der Waals surface area contributed by atoms with E-state index in [1.165, 1.54) is 55.5 Å². The van der Waals surface area contributed by atoms with Crippen LogP contribution in [-0.4, -0.2) is 31.0 Å². The number of halogens is 2. The maximum Gasteiger partial charge on any atom is 0.300 e. The van der Waals surface area contributed by atoms with Gasteiger partial charge in [-0.25, -0.2) is 4.39 Å². The van der Waals surface area contributed by atoms with Gasteiger partial charge in [-0.3, -0.25) is 14.5 Å². The molecule has 0 aromatic heterocycles. The summed E-state index contributed by atoms with van der Waals surface area (Å²) in [6.07, 6.45) is 0. The number of benzene rings is 3. The highest BCUT2D eigenvalue weighted by atomic mass is 35.5. The number of rotatable bonds is 5. The quantitative estimate of drug-likeness (QED) is 0.320. The lowest BCUT2D eigenvalue weighted by molar-refractivity contribution is -0.132. The zero-order valence-corrected chi connectivity index (χ0v) is 18.5. The number of anilines is 1. The Morgan fingerprint density at radius 3 is 2.30 bits per heavy atom. The number of aliphatic hydroxyl groups excluding tert-OH is 1. The van der Waals surface area contributed by atoms with Crippen molar-refractivity contribution < 1.29 is 28.6 Å². The smallest absolute Gasteiger partial charge is 0.300 e. The molecule has 6 nitrogen and oxygen atoms in total. The van der Waals surface area contributed by atoms with Gasteiger partial charge in [0.05, 0.1) is 30.9 Å². The molecule has 1 N–H and O–H groups in total. The normalized spacial score (nSPS) is 17.3. The summed E-state index contributed by atoms with van der Waals surface area (Å²) < 4.78 is 24.1. The maximum atomic E-state index is 13.5. The van der Waals surface area contributed by atoms with Gasteiger partial charge in [-0.05, 0) is 60.2 Å². The minimum Gasteiger partial charge on any atom is -0.507 e. The number of methoxy groups -OCH3 is 2. The van der Waals surface area contributed by atoms with Crippen LogP contribution in [0.5, 0.6) is 11.5 Å². The fourth-order valence-corrected chi connectivity index (χ4v) is 3.99. The summed E-state index contributed by atoms with van der Waals surface area (Å²) in [4.78, 5) is 27.5. The fraction of sp³-hybridized carbons (Fsp3) is 0.120. The topological polar surface area (TPSA) is 76.1 Å². The van der Waals surface area contributed by atoms with Crippen LogP contribution in [0.25, 0.3) is 5.76 Å². The molecule has 0 radical (unpaired) electrons. The van der Waals surface area contributed by atoms with Crippen LogP contribution in [0.15, 0.2) is 72.3 Å². The van der Waals surface area contributed by atoms with Gasteiger partial charge in [0.2, 0.25) is 0 Å². The molecule has 1 aliphatic heterocycles. The Hall–Kier alpha value is -3.84. The van der Waals surface area contributed by atoms with E-state index in [9.17, 15) is 19.1 Å². The van der Waals surface area contributed by atoms with Gasteiger partial charge in [0, 0.05) is 11.3 Å². The summed E-state index contributed by atoms with van der Waals surface area (Å²) in [6, 6.07) is 15.6. The second-order valence-electron chi connectivity index (χ2n) is 7.27. The average molecular weight is 468 g/mol. The summed E-state index contributed by atoms with van der Waals surface area (Å²) in [7, 11) is 2.95. The molecular formula is C25H19ClFNO5. The number of ketones is 1. The number of carbonyl (C=O) groups excluding carboxylic acids is 2. The zero-order chi connectivity index (χ0) is 23.7. The summed E-state index contributed by atoms with van der Waals surface area (Å²) >= 11 is 6.30. The molecule has 1 fully saturated rings. The molecule has 168 valence electrons. The molecule has 1 saturated heterocycles. The monoisotopic (exact) mass is 467 g/mol. The van der Waals surface area contributed by atoms with Crippen molar-refractivity contribution >= 4 is 34.7 Å². The van der Waals surface area contributed by atoms with Gasteiger partial charge < -0.3 is 14.6 Å². The fourth-order valence-electron chi connectivity index (χ4n) is 3.79. The first-order chi connectivity index (χ1) is 15.8. The van der Waals surface area contributed by atoms with Gasteiger partial charge >= 0.3 is 0 Å². The van der Waals surface area contributed by atoms with Crippen LogP contribution in [0, 0.1) is 5.82 Å². The van der Waals surface area contributed by atoms with E-state index in [4.69, 9.17) is 21.1 Å². The second kappa shape index (κ2) is 8.96. The Balaban J connectivity index is 1.98. The van der Waals surface area contributed by atoms with E-state index >= 15 is 0 Å². The molecule has 1 heterocycles. The Labute approximate surface area is 194 Å². The largest absolute Gasteiger partial charge is 0.507 e. The Bertz CT molecular complexity index is 1270. The number of hydrogen-bond acceptors (Lipinski definition) is 5. The summed E-state index contributed by atoms with van der Waals surface area (Å²) in [5.74, 6) is -1.80. The Morgan fingerprint density at radius 2 is 1.64 bits per heavy atom. The molecule has 3 aromatic carbocycles. The predicted molar refractivity (Wildman–Crippen MR) is 122 cm³/mol. The molecule has 4 rings (SSSR count). The molecule has 33 heavy (non-hydrogen) atoms. The van der Waals surface area contributed by atoms with E-state index in [2.05, 4.69) is 0 Å². The van der Waals surface area contributed by atoms with Crippen LogP contribution >= 0.6 is 11.6 Å². The number of amides is 1. The third kappa shape index (κ3) is 4.03. The number of hydrogen-bond donors (Lipinski definition) is 1. The van der Waals surface area contributed by atoms with Crippen molar-refractivity contribution in [2.45, 2.75) is 6.04 Å². The third-order valence-electron chi connectivity index (χ3n) is 5.39. The van der Waals surface area contributed by atoms with Crippen molar-refractivity contribution in [2.24, 2.45) is 0 Å². The minimum absolute atomic E-state index is 0.140. The summed E-state index contributed by atoms with van der Waals surface area (Å²) in [5, 5.41) is 11.4. The Morgan fingerprint density at radius 1 is 0.970 bits per heavy atom. The molecular weight excluding hydrogens is 449 g/mol. The predicted octanol–water partition coefficient (Wildman–Crippen LogP) is 5.12. The number of ether oxygens (including phenoxy) is 2. The van der Waals surface area contributed by atoms with Crippen molar-refractivity contribution in [3.63, 3.8) is 0 Å². The van der Waals surface area contributed by atoms with Crippen molar-refractivity contribution in [1.82, 2.24) is 0 Å². The first-order valence-corrected chi connectivity index (χ1v) is 10.3. The zero-order valence-electron chi connectivity index (χ0n) is 17.7. The van der Waals surface area contributed by atoms with E-state index in [0.29, 0.717) is 22.7 Å². The van der Waals surface area contributed by atoms with Crippen LogP contribution in [0.2, 0.25) is 5.02 Å². The van der Waals surface area contributed by atoms with Crippen LogP contribution in [-0.2, 0) is 9.59 Å².